The monoisotopic (exact) mass is 380 g/mol. The van der Waals surface area contributed by atoms with E-state index in [-0.39, 0.29) is 15.7 Å². The van der Waals surface area contributed by atoms with Crippen molar-refractivity contribution in [3.8, 4) is 0 Å². The van der Waals surface area contributed by atoms with Crippen molar-refractivity contribution in [3.05, 3.63) is 60.2 Å². The molecule has 0 unspecified atom stereocenters. The molecular formula is C17H20N2O4S2. The molecule has 2 aromatic rings. The molecular weight excluding hydrogens is 360 g/mol. The van der Waals surface area contributed by atoms with Crippen LogP contribution in [-0.4, -0.2) is 34.2 Å². The lowest BCUT2D eigenvalue weighted by molar-refractivity contribution is 0.317. The maximum Gasteiger partial charge on any atom is 0.243 e. The lowest BCUT2D eigenvalue weighted by Crippen LogP contribution is -2.38. The van der Waals surface area contributed by atoms with Gasteiger partial charge in [0.2, 0.25) is 20.0 Å². The molecule has 3 rings (SSSR count). The molecule has 0 amide bonds. The third-order valence-electron chi connectivity index (χ3n) is 4.50. The van der Waals surface area contributed by atoms with Crippen LogP contribution in [-0.2, 0) is 20.0 Å². The Morgan fingerprint density at radius 1 is 0.840 bits per heavy atom. The number of benzene rings is 2. The lowest BCUT2D eigenvalue weighted by atomic mass is 9.90. The third-order valence-corrected chi connectivity index (χ3v) is 7.40. The van der Waals surface area contributed by atoms with Crippen molar-refractivity contribution in [1.82, 2.24) is 4.31 Å². The van der Waals surface area contributed by atoms with Crippen LogP contribution in [0, 0.1) is 0 Å². The van der Waals surface area contributed by atoms with Gasteiger partial charge in [0.25, 0.3) is 0 Å². The van der Waals surface area contributed by atoms with E-state index in [4.69, 9.17) is 5.14 Å². The highest BCUT2D eigenvalue weighted by molar-refractivity contribution is 7.89. The quantitative estimate of drug-likeness (QED) is 0.876. The topological polar surface area (TPSA) is 97.5 Å². The first-order valence-electron chi connectivity index (χ1n) is 7.97. The summed E-state index contributed by atoms with van der Waals surface area (Å²) in [6, 6.07) is 15.0. The Hall–Kier alpha value is -1.74. The minimum Gasteiger partial charge on any atom is -0.225 e. The molecule has 2 N–H and O–H groups in total. The molecule has 1 aliphatic heterocycles. The van der Waals surface area contributed by atoms with Crippen LogP contribution in [0.25, 0.3) is 0 Å². The van der Waals surface area contributed by atoms with Gasteiger partial charge in [-0.3, -0.25) is 0 Å². The molecule has 0 bridgehead atoms. The summed E-state index contributed by atoms with van der Waals surface area (Å²) in [5, 5.41) is 5.30. The van der Waals surface area contributed by atoms with Crippen LogP contribution < -0.4 is 5.14 Å². The van der Waals surface area contributed by atoms with Crippen LogP contribution in [0.2, 0.25) is 0 Å². The van der Waals surface area contributed by atoms with Gasteiger partial charge in [-0.05, 0) is 42.5 Å². The van der Waals surface area contributed by atoms with Crippen molar-refractivity contribution in [1.29, 1.82) is 0 Å². The molecule has 0 aromatic heterocycles. The number of rotatable bonds is 4. The van der Waals surface area contributed by atoms with E-state index in [9.17, 15) is 16.8 Å². The zero-order valence-corrected chi connectivity index (χ0v) is 15.2. The van der Waals surface area contributed by atoms with Gasteiger partial charge in [0, 0.05) is 13.1 Å². The minimum atomic E-state index is -3.80. The fourth-order valence-corrected chi connectivity index (χ4v) is 5.55. The summed E-state index contributed by atoms with van der Waals surface area (Å²) < 4.78 is 50.3. The number of primary sulfonamides is 1. The summed E-state index contributed by atoms with van der Waals surface area (Å²) in [6.07, 6.45) is 1.11. The van der Waals surface area contributed by atoms with Crippen molar-refractivity contribution < 1.29 is 16.8 Å². The van der Waals surface area contributed by atoms with Crippen molar-refractivity contribution in [2.45, 2.75) is 28.6 Å². The molecule has 25 heavy (non-hydrogen) atoms. The Bertz CT molecular complexity index is 949. The van der Waals surface area contributed by atoms with Gasteiger partial charge in [0.1, 0.15) is 0 Å². The van der Waals surface area contributed by atoms with Gasteiger partial charge >= 0.3 is 0 Å². The summed E-state index contributed by atoms with van der Waals surface area (Å²) in [7, 11) is -7.32. The van der Waals surface area contributed by atoms with Gasteiger partial charge in [0.15, 0.2) is 0 Å². The number of nitrogens with two attached hydrogens (primary N) is 1. The zero-order valence-electron chi connectivity index (χ0n) is 13.6. The maximum atomic E-state index is 12.7. The molecule has 0 spiro atoms. The summed E-state index contributed by atoms with van der Waals surface area (Å²) in [5.74, 6) is -0.0308. The Balaban J connectivity index is 1.80. The highest BCUT2D eigenvalue weighted by Crippen LogP contribution is 2.33. The Labute approximate surface area is 148 Å². The Morgan fingerprint density at radius 3 is 2.00 bits per heavy atom. The second-order valence-corrected chi connectivity index (χ2v) is 9.54. The van der Waals surface area contributed by atoms with E-state index in [1.807, 2.05) is 0 Å². The van der Waals surface area contributed by atoms with E-state index in [0.29, 0.717) is 31.5 Å². The minimum absolute atomic E-state index is 0.0308. The summed E-state index contributed by atoms with van der Waals surface area (Å²) in [5.41, 5.74) is 0.668. The standard InChI is InChI=1S/C17H20N2O4S2/c18-24(20,21)17-9-5-4-8-16(17)14-10-12-19(13-11-14)25(22,23)15-6-2-1-3-7-15/h1-9,14H,10-13H2,(H2,18,20,21). The third kappa shape index (κ3) is 3.77. The molecule has 6 nitrogen and oxygen atoms in total. The normalized spacial score (nSPS) is 17.5. The number of piperidine rings is 1. The molecule has 1 aliphatic rings. The van der Waals surface area contributed by atoms with Crippen LogP contribution in [0.15, 0.2) is 64.4 Å². The SMILES string of the molecule is NS(=O)(=O)c1ccccc1C1CCN(S(=O)(=O)c2ccccc2)CC1. The van der Waals surface area contributed by atoms with Crippen LogP contribution in [0.3, 0.4) is 0 Å². The van der Waals surface area contributed by atoms with Gasteiger partial charge in [0.05, 0.1) is 9.79 Å². The molecule has 0 aliphatic carbocycles. The van der Waals surface area contributed by atoms with Crippen molar-refractivity contribution in [3.63, 3.8) is 0 Å². The van der Waals surface area contributed by atoms with E-state index in [2.05, 4.69) is 0 Å². The van der Waals surface area contributed by atoms with E-state index >= 15 is 0 Å². The van der Waals surface area contributed by atoms with Crippen molar-refractivity contribution >= 4 is 20.0 Å². The van der Waals surface area contributed by atoms with Crippen LogP contribution >= 0.6 is 0 Å². The smallest absolute Gasteiger partial charge is 0.225 e. The molecule has 1 fully saturated rings. The second kappa shape index (κ2) is 6.87. The molecule has 0 radical (unpaired) electrons. The first-order valence-corrected chi connectivity index (χ1v) is 11.0. The van der Waals surface area contributed by atoms with E-state index in [1.165, 1.54) is 10.4 Å². The number of sulfonamides is 2. The molecule has 0 saturated carbocycles. The van der Waals surface area contributed by atoms with Crippen molar-refractivity contribution in [2.24, 2.45) is 5.14 Å². The Kier molecular flexibility index (Phi) is 4.97. The second-order valence-electron chi connectivity index (χ2n) is 6.07. The number of nitrogens with zero attached hydrogens (tertiary/aromatic N) is 1. The maximum absolute atomic E-state index is 12.7. The molecule has 2 aromatic carbocycles. The first-order chi connectivity index (χ1) is 11.8. The van der Waals surface area contributed by atoms with E-state index in [1.54, 1.807) is 48.5 Å². The number of hydrogen-bond donors (Lipinski definition) is 1. The van der Waals surface area contributed by atoms with E-state index < -0.39 is 20.0 Å². The van der Waals surface area contributed by atoms with E-state index in [0.717, 1.165) is 0 Å². The fraction of sp³-hybridized carbons (Fsp3) is 0.294. The van der Waals surface area contributed by atoms with Gasteiger partial charge in [-0.2, -0.15) is 4.31 Å². The van der Waals surface area contributed by atoms with Crippen LogP contribution in [0.1, 0.15) is 24.3 Å². The van der Waals surface area contributed by atoms with Crippen LogP contribution in [0.4, 0.5) is 0 Å². The highest BCUT2D eigenvalue weighted by atomic mass is 32.2. The molecule has 8 heteroatoms. The van der Waals surface area contributed by atoms with Gasteiger partial charge < -0.3 is 0 Å². The average molecular weight is 380 g/mol. The van der Waals surface area contributed by atoms with Gasteiger partial charge in [-0.25, -0.2) is 22.0 Å². The molecule has 1 heterocycles. The summed E-state index contributed by atoms with van der Waals surface area (Å²) in [6.45, 7) is 0.696. The fourth-order valence-electron chi connectivity index (χ4n) is 3.23. The lowest BCUT2D eigenvalue weighted by Gasteiger charge is -2.32. The average Bonchev–Trinajstić information content (AvgIpc) is 2.62. The predicted octanol–water partition coefficient (Wildman–Crippen LogP) is 1.90. The largest absolute Gasteiger partial charge is 0.243 e. The Morgan fingerprint density at radius 2 is 1.40 bits per heavy atom. The highest BCUT2D eigenvalue weighted by Gasteiger charge is 2.31. The first kappa shape index (κ1) is 18.1. The summed E-state index contributed by atoms with van der Waals surface area (Å²) in [4.78, 5) is 0.401. The molecule has 134 valence electrons. The summed E-state index contributed by atoms with van der Waals surface area (Å²) >= 11 is 0. The zero-order chi connectivity index (χ0) is 18.1. The predicted molar refractivity (Wildman–Crippen MR) is 95.0 cm³/mol. The van der Waals surface area contributed by atoms with Gasteiger partial charge in [-0.15, -0.1) is 0 Å². The van der Waals surface area contributed by atoms with Crippen LogP contribution in [0.5, 0.6) is 0 Å². The molecule has 0 atom stereocenters. The van der Waals surface area contributed by atoms with Crippen molar-refractivity contribution in [2.75, 3.05) is 13.1 Å². The molecule has 1 saturated heterocycles. The number of hydrogen-bond acceptors (Lipinski definition) is 4. The van der Waals surface area contributed by atoms with Gasteiger partial charge in [-0.1, -0.05) is 36.4 Å².